The smallest absolute Gasteiger partial charge is 0.329 e. The van der Waals surface area contributed by atoms with Crippen LogP contribution in [0.3, 0.4) is 0 Å². The molecule has 0 aliphatic heterocycles. The zero-order valence-electron chi connectivity index (χ0n) is 17.0. The van der Waals surface area contributed by atoms with Gasteiger partial charge in [0.15, 0.2) is 0 Å². The predicted molar refractivity (Wildman–Crippen MR) is 104 cm³/mol. The maximum absolute atomic E-state index is 12.7. The van der Waals surface area contributed by atoms with E-state index in [-0.39, 0.29) is 6.42 Å². The van der Waals surface area contributed by atoms with Crippen molar-refractivity contribution >= 4 is 17.8 Å². The highest BCUT2D eigenvalue weighted by molar-refractivity contribution is 5.94. The summed E-state index contributed by atoms with van der Waals surface area (Å²) in [6.07, 6.45) is 0.277. The summed E-state index contributed by atoms with van der Waals surface area (Å²) < 4.78 is 5.44. The minimum atomic E-state index is -1.23. The maximum atomic E-state index is 12.7. The third kappa shape index (κ3) is 7.78. The third-order valence-corrected chi connectivity index (χ3v) is 3.70. The molecule has 0 unspecified atom stereocenters. The molecule has 2 amide bonds. The maximum Gasteiger partial charge on any atom is 0.329 e. The number of nitrogens with one attached hydrogen (secondary N) is 2. The highest BCUT2D eigenvalue weighted by Crippen LogP contribution is 2.13. The second-order valence-electron chi connectivity index (χ2n) is 8.15. The summed E-state index contributed by atoms with van der Waals surface area (Å²) in [6.45, 7) is 9.92. The molecule has 7 nitrogen and oxygen atoms in total. The van der Waals surface area contributed by atoms with E-state index >= 15 is 0 Å². The van der Waals surface area contributed by atoms with Gasteiger partial charge in [-0.1, -0.05) is 30.3 Å². The Labute approximate surface area is 161 Å². The highest BCUT2D eigenvalue weighted by atomic mass is 16.6. The molecule has 0 heterocycles. The fourth-order valence-corrected chi connectivity index (χ4v) is 2.23. The van der Waals surface area contributed by atoms with Crippen molar-refractivity contribution in [1.82, 2.24) is 10.6 Å². The average Bonchev–Trinajstić information content (AvgIpc) is 2.52. The Kier molecular flexibility index (Phi) is 7.54. The molecule has 0 aliphatic carbocycles. The van der Waals surface area contributed by atoms with Crippen LogP contribution in [0.25, 0.3) is 0 Å². The monoisotopic (exact) mass is 377 g/mol. The van der Waals surface area contributed by atoms with Gasteiger partial charge in [0.05, 0.1) is 6.04 Å². The lowest BCUT2D eigenvalue weighted by Gasteiger charge is -2.30. The molecule has 27 heavy (non-hydrogen) atoms. The van der Waals surface area contributed by atoms with Crippen molar-refractivity contribution in [2.24, 2.45) is 5.73 Å². The second-order valence-corrected chi connectivity index (χ2v) is 8.15. The van der Waals surface area contributed by atoms with Crippen LogP contribution in [0.4, 0.5) is 0 Å². The number of nitrogens with two attached hydrogens (primary N) is 1. The SMILES string of the molecule is C[C@H](N)C(=O)NC(C)(C)C(=O)N[C@@H](Cc1ccccc1)C(=O)OC(C)(C)C. The van der Waals surface area contributed by atoms with Crippen molar-refractivity contribution < 1.29 is 19.1 Å². The van der Waals surface area contributed by atoms with E-state index in [0.717, 1.165) is 5.56 Å². The number of esters is 1. The van der Waals surface area contributed by atoms with Crippen molar-refractivity contribution in [3.05, 3.63) is 35.9 Å². The van der Waals surface area contributed by atoms with Gasteiger partial charge in [-0.05, 0) is 47.1 Å². The molecule has 0 fully saturated rings. The van der Waals surface area contributed by atoms with Crippen LogP contribution in [-0.2, 0) is 25.5 Å². The molecule has 1 rings (SSSR count). The summed E-state index contributed by atoms with van der Waals surface area (Å²) in [5, 5.41) is 5.29. The molecule has 0 bridgehead atoms. The molecule has 0 saturated heterocycles. The van der Waals surface area contributed by atoms with Crippen LogP contribution >= 0.6 is 0 Å². The topological polar surface area (TPSA) is 111 Å². The summed E-state index contributed by atoms with van der Waals surface area (Å²) in [7, 11) is 0. The molecule has 0 radical (unpaired) electrons. The normalized spacial score (nSPS) is 14.0. The van der Waals surface area contributed by atoms with Crippen LogP contribution in [0, 0.1) is 0 Å². The summed E-state index contributed by atoms with van der Waals surface area (Å²) >= 11 is 0. The van der Waals surface area contributed by atoms with Crippen molar-refractivity contribution in [2.75, 3.05) is 0 Å². The fraction of sp³-hybridized carbons (Fsp3) is 0.550. The van der Waals surface area contributed by atoms with Crippen LogP contribution in [0.1, 0.15) is 47.1 Å². The molecule has 0 spiro atoms. The van der Waals surface area contributed by atoms with E-state index in [0.29, 0.717) is 0 Å². The van der Waals surface area contributed by atoms with E-state index in [1.165, 1.54) is 6.92 Å². The first kappa shape index (κ1) is 22.6. The van der Waals surface area contributed by atoms with Crippen LogP contribution in [0.2, 0.25) is 0 Å². The Morgan fingerprint density at radius 3 is 2.11 bits per heavy atom. The Morgan fingerprint density at radius 1 is 1.07 bits per heavy atom. The van der Waals surface area contributed by atoms with Gasteiger partial charge in [0.1, 0.15) is 17.2 Å². The minimum absolute atomic E-state index is 0.277. The zero-order valence-corrected chi connectivity index (χ0v) is 17.0. The Balaban J connectivity index is 2.96. The minimum Gasteiger partial charge on any atom is -0.458 e. The van der Waals surface area contributed by atoms with Crippen molar-refractivity contribution in [3.63, 3.8) is 0 Å². The molecule has 1 aromatic rings. The van der Waals surface area contributed by atoms with E-state index in [1.54, 1.807) is 34.6 Å². The van der Waals surface area contributed by atoms with Crippen LogP contribution < -0.4 is 16.4 Å². The van der Waals surface area contributed by atoms with Gasteiger partial charge < -0.3 is 21.1 Å². The fourth-order valence-electron chi connectivity index (χ4n) is 2.23. The number of carbonyl (C=O) groups is 3. The van der Waals surface area contributed by atoms with Gasteiger partial charge in [-0.25, -0.2) is 4.79 Å². The number of hydrogen-bond acceptors (Lipinski definition) is 5. The summed E-state index contributed by atoms with van der Waals surface area (Å²) in [5.41, 5.74) is 4.51. The molecule has 0 aliphatic rings. The average molecular weight is 377 g/mol. The Morgan fingerprint density at radius 2 is 1.63 bits per heavy atom. The second kappa shape index (κ2) is 8.99. The van der Waals surface area contributed by atoms with Gasteiger partial charge in [0, 0.05) is 6.42 Å². The van der Waals surface area contributed by atoms with Gasteiger partial charge in [0.25, 0.3) is 0 Å². The molecule has 1 aromatic carbocycles. The summed E-state index contributed by atoms with van der Waals surface area (Å²) in [4.78, 5) is 37.2. The van der Waals surface area contributed by atoms with E-state index in [9.17, 15) is 14.4 Å². The lowest BCUT2D eigenvalue weighted by Crippen LogP contribution is -2.60. The molecule has 0 saturated carbocycles. The summed E-state index contributed by atoms with van der Waals surface area (Å²) in [6, 6.07) is 7.69. The molecular formula is C20H31N3O4. The van der Waals surface area contributed by atoms with Crippen molar-refractivity contribution in [2.45, 2.75) is 71.2 Å². The number of amides is 2. The van der Waals surface area contributed by atoms with E-state index in [1.807, 2.05) is 30.3 Å². The van der Waals surface area contributed by atoms with Gasteiger partial charge in [-0.2, -0.15) is 0 Å². The molecule has 150 valence electrons. The number of ether oxygens (including phenoxy) is 1. The van der Waals surface area contributed by atoms with E-state index in [2.05, 4.69) is 10.6 Å². The molecule has 2 atom stereocenters. The lowest BCUT2D eigenvalue weighted by molar-refractivity contribution is -0.159. The van der Waals surface area contributed by atoms with E-state index < -0.39 is 41.0 Å². The molecule has 7 heteroatoms. The standard InChI is InChI=1S/C20H31N3O4/c1-13(21)16(24)23-20(5,6)18(26)22-15(17(25)27-19(2,3)4)12-14-10-8-7-9-11-14/h7-11,13,15H,12,21H2,1-6H3,(H,22,26)(H,23,24)/t13-,15-/m0/s1. The predicted octanol–water partition coefficient (Wildman–Crippen LogP) is 1.30. The van der Waals surface area contributed by atoms with E-state index in [4.69, 9.17) is 10.5 Å². The molecule has 4 N–H and O–H groups in total. The molecular weight excluding hydrogens is 346 g/mol. The highest BCUT2D eigenvalue weighted by Gasteiger charge is 2.34. The number of rotatable bonds is 7. The molecule has 0 aromatic heterocycles. The number of benzene rings is 1. The Bertz CT molecular complexity index is 664. The van der Waals surface area contributed by atoms with Crippen molar-refractivity contribution in [1.29, 1.82) is 0 Å². The number of hydrogen-bond donors (Lipinski definition) is 3. The first-order valence-corrected chi connectivity index (χ1v) is 8.97. The van der Waals surface area contributed by atoms with Crippen LogP contribution in [0.5, 0.6) is 0 Å². The summed E-state index contributed by atoms with van der Waals surface area (Å²) in [5.74, 6) is -1.48. The largest absolute Gasteiger partial charge is 0.458 e. The van der Waals surface area contributed by atoms with Gasteiger partial charge in [-0.3, -0.25) is 9.59 Å². The van der Waals surface area contributed by atoms with Gasteiger partial charge >= 0.3 is 5.97 Å². The van der Waals surface area contributed by atoms with Crippen LogP contribution in [0.15, 0.2) is 30.3 Å². The Hall–Kier alpha value is -2.41. The zero-order chi connectivity index (χ0) is 20.8. The first-order valence-electron chi connectivity index (χ1n) is 8.97. The quantitative estimate of drug-likeness (QED) is 0.620. The van der Waals surface area contributed by atoms with Crippen LogP contribution in [-0.4, -0.2) is 41.0 Å². The van der Waals surface area contributed by atoms with Crippen molar-refractivity contribution in [3.8, 4) is 0 Å². The first-order chi connectivity index (χ1) is 12.3. The lowest BCUT2D eigenvalue weighted by atomic mass is 10.0. The van der Waals surface area contributed by atoms with Gasteiger partial charge in [-0.15, -0.1) is 0 Å². The number of carbonyl (C=O) groups excluding carboxylic acids is 3. The third-order valence-electron chi connectivity index (χ3n) is 3.70. The van der Waals surface area contributed by atoms with Gasteiger partial charge in [0.2, 0.25) is 11.8 Å².